The normalized spacial score (nSPS) is 20.3. The fraction of sp³-hybridized carbons (Fsp3) is 0.619. The molecule has 2 amide bonds. The SMILES string of the molecule is Cc1ccc(CCCCC(=O)N2CCCC(N3CCNCC3=O)C2)cc1.Cl. The van der Waals surface area contributed by atoms with Crippen molar-refractivity contribution in [2.75, 3.05) is 32.7 Å². The Bertz CT molecular complexity index is 620. The first-order valence-corrected chi connectivity index (χ1v) is 9.97. The average Bonchev–Trinajstić information content (AvgIpc) is 2.67. The molecule has 1 N–H and O–H groups in total. The third-order valence-electron chi connectivity index (χ3n) is 5.54. The monoisotopic (exact) mass is 393 g/mol. The van der Waals surface area contributed by atoms with E-state index in [0.29, 0.717) is 19.5 Å². The highest BCUT2D eigenvalue weighted by atomic mass is 35.5. The Morgan fingerprint density at radius 2 is 1.96 bits per heavy atom. The highest BCUT2D eigenvalue weighted by molar-refractivity contribution is 5.85. The fourth-order valence-corrected chi connectivity index (χ4v) is 3.96. The number of piperazine rings is 1. The van der Waals surface area contributed by atoms with Gasteiger partial charge in [0.15, 0.2) is 0 Å². The van der Waals surface area contributed by atoms with Crippen molar-refractivity contribution >= 4 is 24.2 Å². The Morgan fingerprint density at radius 1 is 1.19 bits per heavy atom. The van der Waals surface area contributed by atoms with Crippen LogP contribution in [0.25, 0.3) is 0 Å². The maximum atomic E-state index is 12.6. The quantitative estimate of drug-likeness (QED) is 0.755. The van der Waals surface area contributed by atoms with E-state index >= 15 is 0 Å². The largest absolute Gasteiger partial charge is 0.341 e. The number of hydrogen-bond acceptors (Lipinski definition) is 3. The molecule has 6 heteroatoms. The van der Waals surface area contributed by atoms with E-state index in [0.717, 1.165) is 51.7 Å². The third kappa shape index (κ3) is 6.22. The van der Waals surface area contributed by atoms with Crippen LogP contribution in [-0.2, 0) is 16.0 Å². The molecule has 27 heavy (non-hydrogen) atoms. The van der Waals surface area contributed by atoms with Crippen LogP contribution in [0.1, 0.15) is 43.2 Å². The minimum atomic E-state index is 0. The van der Waals surface area contributed by atoms with Crippen molar-refractivity contribution in [2.45, 2.75) is 51.5 Å². The number of rotatable bonds is 6. The van der Waals surface area contributed by atoms with Gasteiger partial charge in [0.1, 0.15) is 0 Å². The van der Waals surface area contributed by atoms with E-state index in [2.05, 4.69) is 36.5 Å². The molecular weight excluding hydrogens is 362 g/mol. The van der Waals surface area contributed by atoms with Crippen molar-refractivity contribution in [1.82, 2.24) is 15.1 Å². The van der Waals surface area contributed by atoms with Crippen molar-refractivity contribution in [1.29, 1.82) is 0 Å². The lowest BCUT2D eigenvalue weighted by Crippen LogP contribution is -2.57. The van der Waals surface area contributed by atoms with Crippen LogP contribution in [0.5, 0.6) is 0 Å². The van der Waals surface area contributed by atoms with Gasteiger partial charge in [-0.3, -0.25) is 9.59 Å². The molecule has 0 bridgehead atoms. The summed E-state index contributed by atoms with van der Waals surface area (Å²) >= 11 is 0. The molecule has 0 saturated carbocycles. The second-order valence-electron chi connectivity index (χ2n) is 7.59. The Kier molecular flexibility index (Phi) is 8.58. The molecule has 150 valence electrons. The summed E-state index contributed by atoms with van der Waals surface area (Å²) in [5.41, 5.74) is 2.63. The standard InChI is InChI=1S/C21H31N3O2.ClH/c1-17-8-10-18(11-9-17)5-2-3-7-20(25)23-13-4-6-19(16-23)24-14-12-22-15-21(24)26;/h8-11,19,22H,2-7,12-16H2,1H3;1H. The highest BCUT2D eigenvalue weighted by Crippen LogP contribution is 2.18. The average molecular weight is 394 g/mol. The first-order chi connectivity index (χ1) is 12.6. The van der Waals surface area contributed by atoms with Crippen molar-refractivity contribution in [3.05, 3.63) is 35.4 Å². The topological polar surface area (TPSA) is 52.7 Å². The van der Waals surface area contributed by atoms with Gasteiger partial charge in [-0.25, -0.2) is 0 Å². The number of hydrogen-bond donors (Lipinski definition) is 1. The molecule has 2 aliphatic heterocycles. The number of halogens is 1. The van der Waals surface area contributed by atoms with E-state index in [1.807, 2.05) is 9.80 Å². The number of aryl methyl sites for hydroxylation is 2. The summed E-state index contributed by atoms with van der Waals surface area (Å²) in [6, 6.07) is 8.85. The van der Waals surface area contributed by atoms with Crippen LogP contribution >= 0.6 is 12.4 Å². The summed E-state index contributed by atoms with van der Waals surface area (Å²) < 4.78 is 0. The van der Waals surface area contributed by atoms with Gasteiger partial charge in [0, 0.05) is 38.6 Å². The predicted octanol–water partition coefficient (Wildman–Crippen LogP) is 2.55. The molecule has 0 aromatic heterocycles. The molecule has 0 aliphatic carbocycles. The zero-order valence-electron chi connectivity index (χ0n) is 16.3. The van der Waals surface area contributed by atoms with Crippen molar-refractivity contribution in [3.63, 3.8) is 0 Å². The van der Waals surface area contributed by atoms with E-state index in [-0.39, 0.29) is 30.3 Å². The van der Waals surface area contributed by atoms with E-state index in [1.54, 1.807) is 0 Å². The first-order valence-electron chi connectivity index (χ1n) is 9.97. The molecule has 0 radical (unpaired) electrons. The lowest BCUT2D eigenvalue weighted by Gasteiger charge is -2.41. The number of nitrogens with one attached hydrogen (secondary N) is 1. The molecule has 2 aliphatic rings. The molecule has 1 atom stereocenters. The molecule has 2 fully saturated rings. The van der Waals surface area contributed by atoms with Crippen molar-refractivity contribution in [3.8, 4) is 0 Å². The van der Waals surface area contributed by atoms with E-state index in [9.17, 15) is 9.59 Å². The number of carbonyl (C=O) groups excluding carboxylic acids is 2. The number of likely N-dealkylation sites (tertiary alicyclic amines) is 1. The summed E-state index contributed by atoms with van der Waals surface area (Å²) in [4.78, 5) is 28.6. The Balaban J connectivity index is 0.00000261. The smallest absolute Gasteiger partial charge is 0.236 e. The number of amides is 2. The second-order valence-corrected chi connectivity index (χ2v) is 7.59. The predicted molar refractivity (Wildman–Crippen MR) is 110 cm³/mol. The van der Waals surface area contributed by atoms with Crippen LogP contribution in [0, 0.1) is 6.92 Å². The molecule has 5 nitrogen and oxygen atoms in total. The fourth-order valence-electron chi connectivity index (χ4n) is 3.96. The lowest BCUT2D eigenvalue weighted by atomic mass is 10.0. The van der Waals surface area contributed by atoms with Gasteiger partial charge in [-0.2, -0.15) is 0 Å². The van der Waals surface area contributed by atoms with Gasteiger partial charge in [-0.05, 0) is 44.6 Å². The lowest BCUT2D eigenvalue weighted by molar-refractivity contribution is -0.140. The van der Waals surface area contributed by atoms with E-state index in [1.165, 1.54) is 11.1 Å². The molecule has 1 aromatic rings. The van der Waals surface area contributed by atoms with Crippen LogP contribution in [0.2, 0.25) is 0 Å². The van der Waals surface area contributed by atoms with Crippen molar-refractivity contribution in [2.24, 2.45) is 0 Å². The van der Waals surface area contributed by atoms with Crippen LogP contribution in [-0.4, -0.2) is 60.4 Å². The minimum Gasteiger partial charge on any atom is -0.341 e. The third-order valence-corrected chi connectivity index (χ3v) is 5.54. The zero-order chi connectivity index (χ0) is 18.4. The summed E-state index contributed by atoms with van der Waals surface area (Å²) in [5.74, 6) is 0.426. The highest BCUT2D eigenvalue weighted by Gasteiger charge is 2.31. The van der Waals surface area contributed by atoms with Crippen LogP contribution in [0.15, 0.2) is 24.3 Å². The second kappa shape index (κ2) is 10.7. The van der Waals surface area contributed by atoms with Gasteiger partial charge >= 0.3 is 0 Å². The Morgan fingerprint density at radius 3 is 2.70 bits per heavy atom. The maximum Gasteiger partial charge on any atom is 0.236 e. The number of unbranched alkanes of at least 4 members (excludes halogenated alkanes) is 1. The Hall–Kier alpha value is -1.59. The van der Waals surface area contributed by atoms with Crippen molar-refractivity contribution < 1.29 is 9.59 Å². The van der Waals surface area contributed by atoms with E-state index < -0.39 is 0 Å². The molecule has 2 saturated heterocycles. The minimum absolute atomic E-state index is 0. The van der Waals surface area contributed by atoms with Gasteiger partial charge in [-0.1, -0.05) is 29.8 Å². The van der Waals surface area contributed by atoms with Gasteiger partial charge in [0.25, 0.3) is 0 Å². The number of piperidine rings is 1. The maximum absolute atomic E-state index is 12.6. The van der Waals surface area contributed by atoms with Crippen LogP contribution < -0.4 is 5.32 Å². The molecule has 1 unspecified atom stereocenters. The Labute approximate surface area is 168 Å². The molecule has 3 rings (SSSR count). The summed E-state index contributed by atoms with van der Waals surface area (Å²) in [6.07, 6.45) is 5.64. The number of benzene rings is 1. The molecular formula is C21H32ClN3O2. The number of carbonyl (C=O) groups is 2. The van der Waals surface area contributed by atoms with E-state index in [4.69, 9.17) is 0 Å². The van der Waals surface area contributed by atoms with Gasteiger partial charge in [-0.15, -0.1) is 12.4 Å². The van der Waals surface area contributed by atoms with Crippen LogP contribution in [0.4, 0.5) is 0 Å². The molecule has 0 spiro atoms. The van der Waals surface area contributed by atoms with Gasteiger partial charge in [0.2, 0.25) is 11.8 Å². The molecule has 2 heterocycles. The zero-order valence-corrected chi connectivity index (χ0v) is 17.1. The van der Waals surface area contributed by atoms with Gasteiger partial charge in [0.05, 0.1) is 6.54 Å². The first kappa shape index (κ1) is 21.7. The summed E-state index contributed by atoms with van der Waals surface area (Å²) in [7, 11) is 0. The molecule has 1 aromatic carbocycles. The summed E-state index contributed by atoms with van der Waals surface area (Å²) in [5, 5.41) is 3.12. The number of nitrogens with zero attached hydrogens (tertiary/aromatic N) is 2. The van der Waals surface area contributed by atoms with Gasteiger partial charge < -0.3 is 15.1 Å². The van der Waals surface area contributed by atoms with Crippen LogP contribution in [0.3, 0.4) is 0 Å². The summed E-state index contributed by atoms with van der Waals surface area (Å²) in [6.45, 7) is 5.71.